The molecule has 0 aliphatic heterocycles. The fourth-order valence-corrected chi connectivity index (χ4v) is 2.57. The molecule has 0 bridgehead atoms. The topological polar surface area (TPSA) is 68.0 Å². The SMILES string of the molecule is Cc1cc(Br)cnc1NCC(Cc1ccc(F)cc1)C(N)=O. The molecule has 0 saturated carbocycles. The number of primary amides is 1. The molecule has 1 aromatic heterocycles. The van der Waals surface area contributed by atoms with E-state index in [4.69, 9.17) is 5.73 Å². The van der Waals surface area contributed by atoms with Gasteiger partial charge >= 0.3 is 0 Å². The van der Waals surface area contributed by atoms with Crippen molar-refractivity contribution in [3.63, 3.8) is 0 Å². The van der Waals surface area contributed by atoms with Gasteiger partial charge < -0.3 is 11.1 Å². The Balaban J connectivity index is 2.02. The smallest absolute Gasteiger partial charge is 0.222 e. The molecule has 0 fully saturated rings. The van der Waals surface area contributed by atoms with Crippen LogP contribution in [0.1, 0.15) is 11.1 Å². The zero-order chi connectivity index (χ0) is 16.1. The van der Waals surface area contributed by atoms with Gasteiger partial charge in [-0.2, -0.15) is 0 Å². The molecule has 0 saturated heterocycles. The molecule has 0 spiro atoms. The first-order valence-electron chi connectivity index (χ1n) is 6.85. The van der Waals surface area contributed by atoms with E-state index >= 15 is 0 Å². The summed E-state index contributed by atoms with van der Waals surface area (Å²) >= 11 is 3.35. The molecule has 1 atom stereocenters. The van der Waals surface area contributed by atoms with Crippen molar-refractivity contribution in [2.75, 3.05) is 11.9 Å². The van der Waals surface area contributed by atoms with Crippen molar-refractivity contribution in [3.8, 4) is 0 Å². The number of hydrogen-bond acceptors (Lipinski definition) is 3. The number of benzene rings is 1. The number of rotatable bonds is 6. The zero-order valence-corrected chi connectivity index (χ0v) is 13.7. The van der Waals surface area contributed by atoms with Crippen molar-refractivity contribution < 1.29 is 9.18 Å². The van der Waals surface area contributed by atoms with Crippen LogP contribution in [-0.4, -0.2) is 17.4 Å². The summed E-state index contributed by atoms with van der Waals surface area (Å²) in [5.74, 6) is -0.373. The maximum atomic E-state index is 12.9. The van der Waals surface area contributed by atoms with Crippen LogP contribution in [-0.2, 0) is 11.2 Å². The van der Waals surface area contributed by atoms with E-state index < -0.39 is 11.8 Å². The number of hydrogen-bond donors (Lipinski definition) is 2. The Bertz CT molecular complexity index is 661. The molecular weight excluding hydrogens is 349 g/mol. The fraction of sp³-hybridized carbons (Fsp3) is 0.250. The predicted octanol–water partition coefficient (Wildman–Crippen LogP) is 3.05. The van der Waals surface area contributed by atoms with Crippen LogP contribution in [0.25, 0.3) is 0 Å². The van der Waals surface area contributed by atoms with Gasteiger partial charge in [-0.3, -0.25) is 4.79 Å². The minimum absolute atomic E-state index is 0.299. The monoisotopic (exact) mass is 365 g/mol. The third-order valence-corrected chi connectivity index (χ3v) is 3.79. The number of nitrogens with zero attached hydrogens (tertiary/aromatic N) is 1. The number of anilines is 1. The minimum Gasteiger partial charge on any atom is -0.369 e. The summed E-state index contributed by atoms with van der Waals surface area (Å²) in [5, 5.41) is 3.15. The second-order valence-electron chi connectivity index (χ2n) is 5.13. The van der Waals surface area contributed by atoms with Crippen LogP contribution in [0, 0.1) is 18.7 Å². The van der Waals surface area contributed by atoms with Gasteiger partial charge in [0.05, 0.1) is 5.92 Å². The van der Waals surface area contributed by atoms with Crippen LogP contribution in [0.3, 0.4) is 0 Å². The molecule has 2 rings (SSSR count). The quantitative estimate of drug-likeness (QED) is 0.826. The summed E-state index contributed by atoms with van der Waals surface area (Å²) in [4.78, 5) is 15.9. The van der Waals surface area contributed by atoms with E-state index in [1.165, 1.54) is 12.1 Å². The van der Waals surface area contributed by atoms with Crippen molar-refractivity contribution >= 4 is 27.7 Å². The van der Waals surface area contributed by atoms with Gasteiger partial charge in [-0.05, 0) is 58.6 Å². The lowest BCUT2D eigenvalue weighted by Crippen LogP contribution is -2.31. The number of carbonyl (C=O) groups excluding carboxylic acids is 1. The Hall–Kier alpha value is -1.95. The molecule has 6 heteroatoms. The van der Waals surface area contributed by atoms with Crippen LogP contribution in [0.4, 0.5) is 10.2 Å². The molecule has 0 aliphatic carbocycles. The second kappa shape index (κ2) is 7.35. The summed E-state index contributed by atoms with van der Waals surface area (Å²) in [6, 6.07) is 8.01. The predicted molar refractivity (Wildman–Crippen MR) is 88.0 cm³/mol. The number of nitrogens with two attached hydrogens (primary N) is 1. The average molecular weight is 366 g/mol. The molecule has 1 aromatic carbocycles. The van der Waals surface area contributed by atoms with Crippen molar-refractivity contribution in [2.45, 2.75) is 13.3 Å². The zero-order valence-electron chi connectivity index (χ0n) is 12.1. The Morgan fingerprint density at radius 3 is 2.68 bits per heavy atom. The highest BCUT2D eigenvalue weighted by atomic mass is 79.9. The maximum absolute atomic E-state index is 12.9. The Morgan fingerprint density at radius 2 is 2.09 bits per heavy atom. The van der Waals surface area contributed by atoms with Gasteiger partial charge in [-0.25, -0.2) is 9.37 Å². The van der Waals surface area contributed by atoms with Crippen molar-refractivity contribution in [3.05, 3.63) is 57.9 Å². The summed E-state index contributed by atoms with van der Waals surface area (Å²) in [5.41, 5.74) is 7.30. The van der Waals surface area contributed by atoms with Crippen LogP contribution in [0.2, 0.25) is 0 Å². The number of halogens is 2. The van der Waals surface area contributed by atoms with Gasteiger partial charge in [0.2, 0.25) is 5.91 Å². The van der Waals surface area contributed by atoms with E-state index in [1.54, 1.807) is 18.3 Å². The third-order valence-electron chi connectivity index (χ3n) is 3.36. The first kappa shape index (κ1) is 16.4. The van der Waals surface area contributed by atoms with Crippen molar-refractivity contribution in [1.82, 2.24) is 4.98 Å². The van der Waals surface area contributed by atoms with Gasteiger partial charge in [-0.1, -0.05) is 12.1 Å². The highest BCUT2D eigenvalue weighted by Gasteiger charge is 2.16. The van der Waals surface area contributed by atoms with E-state index in [0.29, 0.717) is 18.8 Å². The number of pyridine rings is 1. The number of carbonyl (C=O) groups is 1. The van der Waals surface area contributed by atoms with Crippen LogP contribution < -0.4 is 11.1 Å². The maximum Gasteiger partial charge on any atom is 0.222 e. The average Bonchev–Trinajstić information content (AvgIpc) is 2.46. The molecule has 3 N–H and O–H groups in total. The molecule has 1 amide bonds. The standard InChI is InChI=1S/C16H17BrFN3O/c1-10-6-13(17)9-21-16(10)20-8-12(15(19)22)7-11-2-4-14(18)5-3-11/h2-6,9,12H,7-8H2,1H3,(H2,19,22)(H,20,21). The van der Waals surface area contributed by atoms with Gasteiger partial charge in [0.1, 0.15) is 11.6 Å². The lowest BCUT2D eigenvalue weighted by molar-refractivity contribution is -0.121. The molecule has 1 unspecified atom stereocenters. The Kier molecular flexibility index (Phi) is 5.49. The number of aromatic nitrogens is 1. The van der Waals surface area contributed by atoms with E-state index in [0.717, 1.165) is 15.6 Å². The number of aryl methyl sites for hydroxylation is 1. The van der Waals surface area contributed by atoms with E-state index in [9.17, 15) is 9.18 Å². The second-order valence-corrected chi connectivity index (χ2v) is 6.05. The van der Waals surface area contributed by atoms with E-state index in [2.05, 4.69) is 26.2 Å². The van der Waals surface area contributed by atoms with Crippen LogP contribution >= 0.6 is 15.9 Å². The highest BCUT2D eigenvalue weighted by molar-refractivity contribution is 9.10. The van der Waals surface area contributed by atoms with Crippen LogP contribution in [0.5, 0.6) is 0 Å². The Labute approximate surface area is 137 Å². The minimum atomic E-state index is -0.397. The molecule has 2 aromatic rings. The van der Waals surface area contributed by atoms with Crippen LogP contribution in [0.15, 0.2) is 41.0 Å². The summed E-state index contributed by atoms with van der Waals surface area (Å²) in [7, 11) is 0. The fourth-order valence-electron chi connectivity index (χ4n) is 2.12. The largest absolute Gasteiger partial charge is 0.369 e. The van der Waals surface area contributed by atoms with Gasteiger partial charge in [-0.15, -0.1) is 0 Å². The van der Waals surface area contributed by atoms with Gasteiger partial charge in [0.15, 0.2) is 0 Å². The number of nitrogens with one attached hydrogen (secondary N) is 1. The normalized spacial score (nSPS) is 12.0. The van der Waals surface area contributed by atoms with Gasteiger partial charge in [0, 0.05) is 17.2 Å². The molecule has 22 heavy (non-hydrogen) atoms. The first-order chi connectivity index (χ1) is 10.5. The lowest BCUT2D eigenvalue weighted by atomic mass is 9.98. The third kappa shape index (κ3) is 4.53. The lowest BCUT2D eigenvalue weighted by Gasteiger charge is -2.16. The summed E-state index contributed by atoms with van der Waals surface area (Å²) in [6.45, 7) is 2.31. The van der Waals surface area contributed by atoms with E-state index in [1.807, 2.05) is 13.0 Å². The Morgan fingerprint density at radius 1 is 1.41 bits per heavy atom. The molecule has 1 heterocycles. The summed E-state index contributed by atoms with van der Waals surface area (Å²) in [6.07, 6.45) is 2.15. The molecule has 0 radical (unpaired) electrons. The molecule has 0 aliphatic rings. The van der Waals surface area contributed by atoms with E-state index in [-0.39, 0.29) is 5.82 Å². The van der Waals surface area contributed by atoms with Crippen molar-refractivity contribution in [2.24, 2.45) is 11.7 Å². The van der Waals surface area contributed by atoms with Crippen molar-refractivity contribution in [1.29, 1.82) is 0 Å². The summed E-state index contributed by atoms with van der Waals surface area (Å²) < 4.78 is 13.8. The first-order valence-corrected chi connectivity index (χ1v) is 7.65. The highest BCUT2D eigenvalue weighted by Crippen LogP contribution is 2.18. The molecular formula is C16H17BrFN3O. The van der Waals surface area contributed by atoms with Gasteiger partial charge in [0.25, 0.3) is 0 Å². The molecule has 4 nitrogen and oxygen atoms in total. The number of amides is 1. The molecule has 116 valence electrons.